The van der Waals surface area contributed by atoms with Crippen LogP contribution >= 0.6 is 23.7 Å². The number of anilines is 1. The van der Waals surface area contributed by atoms with Crippen molar-refractivity contribution in [2.45, 2.75) is 20.8 Å². The lowest BCUT2D eigenvalue weighted by Gasteiger charge is -2.22. The van der Waals surface area contributed by atoms with Crippen LogP contribution in [0.25, 0.3) is 10.2 Å². The molecule has 6 heteroatoms. The molecule has 2 aromatic carbocycles. The number of nitrogens with zero attached hydrogens (tertiary/aromatic N) is 3. The first-order chi connectivity index (χ1) is 12.3. The van der Waals surface area contributed by atoms with Crippen molar-refractivity contribution in [1.29, 1.82) is 0 Å². The van der Waals surface area contributed by atoms with Crippen molar-refractivity contribution < 1.29 is 4.79 Å². The second-order valence-electron chi connectivity index (χ2n) is 7.05. The molecular formula is C21H26ClN3OS. The van der Waals surface area contributed by atoms with Crippen molar-refractivity contribution in [1.82, 2.24) is 9.88 Å². The summed E-state index contributed by atoms with van der Waals surface area (Å²) in [6.45, 7) is 7.58. The molecule has 144 valence electrons. The molecule has 0 atom stereocenters. The molecule has 0 bridgehead atoms. The summed E-state index contributed by atoms with van der Waals surface area (Å²) in [4.78, 5) is 21.9. The van der Waals surface area contributed by atoms with E-state index in [0.29, 0.717) is 12.1 Å². The first kappa shape index (κ1) is 21.4. The van der Waals surface area contributed by atoms with Crippen molar-refractivity contribution in [3.63, 3.8) is 0 Å². The van der Waals surface area contributed by atoms with Gasteiger partial charge in [-0.1, -0.05) is 35.1 Å². The molecule has 0 saturated carbocycles. The van der Waals surface area contributed by atoms with E-state index in [1.807, 2.05) is 50.2 Å². The largest absolute Gasteiger partial charge is 0.308 e. The fraction of sp³-hybridized carbons (Fsp3) is 0.333. The molecule has 0 aliphatic heterocycles. The van der Waals surface area contributed by atoms with Crippen LogP contribution in [-0.2, 0) is 0 Å². The van der Waals surface area contributed by atoms with E-state index in [4.69, 9.17) is 4.98 Å². The van der Waals surface area contributed by atoms with Gasteiger partial charge in [-0.05, 0) is 64.2 Å². The smallest absolute Gasteiger partial charge is 0.260 e. The molecule has 1 amide bonds. The van der Waals surface area contributed by atoms with Crippen LogP contribution in [0.5, 0.6) is 0 Å². The minimum Gasteiger partial charge on any atom is -0.308 e. The van der Waals surface area contributed by atoms with E-state index in [0.717, 1.165) is 33.0 Å². The number of aryl methyl sites for hydroxylation is 3. The molecule has 3 aromatic rings. The fourth-order valence-corrected chi connectivity index (χ4v) is 4.08. The van der Waals surface area contributed by atoms with Gasteiger partial charge in [0.2, 0.25) is 0 Å². The summed E-state index contributed by atoms with van der Waals surface area (Å²) in [6, 6.07) is 12.0. The predicted octanol–water partition coefficient (Wildman–Crippen LogP) is 4.85. The van der Waals surface area contributed by atoms with E-state index >= 15 is 0 Å². The third kappa shape index (κ3) is 4.86. The number of hydrogen-bond donors (Lipinski definition) is 0. The van der Waals surface area contributed by atoms with Gasteiger partial charge >= 0.3 is 0 Å². The van der Waals surface area contributed by atoms with Crippen molar-refractivity contribution >= 4 is 45.0 Å². The van der Waals surface area contributed by atoms with Crippen LogP contribution in [0.15, 0.2) is 36.4 Å². The van der Waals surface area contributed by atoms with Crippen molar-refractivity contribution in [2.24, 2.45) is 0 Å². The zero-order valence-electron chi connectivity index (χ0n) is 16.4. The van der Waals surface area contributed by atoms with Gasteiger partial charge in [-0.3, -0.25) is 9.69 Å². The summed E-state index contributed by atoms with van der Waals surface area (Å²) in [6.07, 6.45) is 0. The normalized spacial score (nSPS) is 10.9. The summed E-state index contributed by atoms with van der Waals surface area (Å²) in [5, 5.41) is 0.765. The standard InChI is InChI=1S/C21H25N3OS.ClH/c1-14-6-8-17(9-7-14)20(25)24(11-10-23(4)5)21-22-19-16(3)12-15(2)13-18(19)26-21;/h6-9,12-13H,10-11H2,1-5H3;1H. The lowest BCUT2D eigenvalue weighted by molar-refractivity contribution is 0.0985. The molecule has 0 fully saturated rings. The van der Waals surface area contributed by atoms with Crippen LogP contribution in [0.3, 0.4) is 0 Å². The number of aromatic nitrogens is 1. The average Bonchev–Trinajstić information content (AvgIpc) is 2.99. The molecule has 1 aromatic heterocycles. The third-order valence-electron chi connectivity index (χ3n) is 4.36. The maximum atomic E-state index is 13.2. The van der Waals surface area contributed by atoms with Crippen LogP contribution in [0.1, 0.15) is 27.0 Å². The highest BCUT2D eigenvalue weighted by Gasteiger charge is 2.21. The lowest BCUT2D eigenvalue weighted by atomic mass is 10.1. The van der Waals surface area contributed by atoms with Gasteiger partial charge in [0.25, 0.3) is 5.91 Å². The van der Waals surface area contributed by atoms with E-state index in [-0.39, 0.29) is 18.3 Å². The summed E-state index contributed by atoms with van der Waals surface area (Å²) < 4.78 is 1.13. The number of thiazole rings is 1. The molecule has 0 unspecified atom stereocenters. The van der Waals surface area contributed by atoms with Gasteiger partial charge in [-0.25, -0.2) is 4.98 Å². The van der Waals surface area contributed by atoms with Gasteiger partial charge in [-0.15, -0.1) is 12.4 Å². The fourth-order valence-electron chi connectivity index (χ4n) is 2.91. The second-order valence-corrected chi connectivity index (χ2v) is 8.06. The Hall–Kier alpha value is -1.95. The summed E-state index contributed by atoms with van der Waals surface area (Å²) in [7, 11) is 4.03. The Morgan fingerprint density at radius 2 is 1.67 bits per heavy atom. The van der Waals surface area contributed by atoms with Gasteiger partial charge in [0, 0.05) is 18.7 Å². The molecule has 27 heavy (non-hydrogen) atoms. The van der Waals surface area contributed by atoms with E-state index in [9.17, 15) is 4.79 Å². The quantitative estimate of drug-likeness (QED) is 0.610. The highest BCUT2D eigenvalue weighted by Crippen LogP contribution is 2.32. The Kier molecular flexibility index (Phi) is 6.98. The van der Waals surface area contributed by atoms with Crippen LogP contribution in [0.2, 0.25) is 0 Å². The maximum Gasteiger partial charge on any atom is 0.260 e. The van der Waals surface area contributed by atoms with Gasteiger partial charge in [-0.2, -0.15) is 0 Å². The predicted molar refractivity (Wildman–Crippen MR) is 118 cm³/mol. The SMILES string of the molecule is Cc1ccc(C(=O)N(CCN(C)C)c2nc3c(C)cc(C)cc3s2)cc1.Cl. The van der Waals surface area contributed by atoms with Crippen LogP contribution in [0, 0.1) is 20.8 Å². The van der Waals surface area contributed by atoms with Gasteiger partial charge < -0.3 is 4.90 Å². The number of halogens is 1. The van der Waals surface area contributed by atoms with E-state index < -0.39 is 0 Å². The van der Waals surface area contributed by atoms with Crippen LogP contribution in [0.4, 0.5) is 5.13 Å². The molecule has 0 saturated heterocycles. The number of amides is 1. The maximum absolute atomic E-state index is 13.2. The average molecular weight is 404 g/mol. The summed E-state index contributed by atoms with van der Waals surface area (Å²) in [5.41, 5.74) is 5.20. The van der Waals surface area contributed by atoms with Crippen molar-refractivity contribution in [3.8, 4) is 0 Å². The molecule has 0 aliphatic rings. The van der Waals surface area contributed by atoms with Crippen molar-refractivity contribution in [2.75, 3.05) is 32.1 Å². The Morgan fingerprint density at radius 3 is 2.30 bits per heavy atom. The number of benzene rings is 2. The number of likely N-dealkylation sites (N-methyl/N-ethyl adjacent to an activating group) is 1. The summed E-state index contributed by atoms with van der Waals surface area (Å²) in [5.74, 6) is 0.000260. The van der Waals surface area contributed by atoms with E-state index in [1.165, 1.54) is 5.56 Å². The molecule has 1 heterocycles. The first-order valence-electron chi connectivity index (χ1n) is 8.76. The Morgan fingerprint density at radius 1 is 1.00 bits per heavy atom. The minimum absolute atomic E-state index is 0. The van der Waals surface area contributed by atoms with Gasteiger partial charge in [0.15, 0.2) is 5.13 Å². The number of rotatable bonds is 5. The van der Waals surface area contributed by atoms with E-state index in [1.54, 1.807) is 11.3 Å². The summed E-state index contributed by atoms with van der Waals surface area (Å²) >= 11 is 1.59. The molecule has 0 spiro atoms. The Labute approximate surface area is 171 Å². The molecule has 0 N–H and O–H groups in total. The topological polar surface area (TPSA) is 36.4 Å². The number of fused-ring (bicyclic) bond motifs is 1. The number of hydrogen-bond acceptors (Lipinski definition) is 4. The van der Waals surface area contributed by atoms with E-state index in [2.05, 4.69) is 30.9 Å². The highest BCUT2D eigenvalue weighted by atomic mass is 35.5. The molecule has 3 rings (SSSR count). The molecule has 0 radical (unpaired) electrons. The van der Waals surface area contributed by atoms with Gasteiger partial charge in [0.1, 0.15) is 0 Å². The van der Waals surface area contributed by atoms with Gasteiger partial charge in [0.05, 0.1) is 10.2 Å². The zero-order valence-corrected chi connectivity index (χ0v) is 18.1. The number of carbonyl (C=O) groups is 1. The van der Waals surface area contributed by atoms with Crippen LogP contribution < -0.4 is 4.90 Å². The minimum atomic E-state index is 0. The molecule has 0 aliphatic carbocycles. The Bertz CT molecular complexity index is 934. The monoisotopic (exact) mass is 403 g/mol. The lowest BCUT2D eigenvalue weighted by Crippen LogP contribution is -2.36. The molecular weight excluding hydrogens is 378 g/mol. The third-order valence-corrected chi connectivity index (χ3v) is 5.39. The second kappa shape index (κ2) is 8.83. The van der Waals surface area contributed by atoms with Crippen LogP contribution in [-0.4, -0.2) is 43.0 Å². The highest BCUT2D eigenvalue weighted by molar-refractivity contribution is 7.22. The first-order valence-corrected chi connectivity index (χ1v) is 9.58. The molecule has 4 nitrogen and oxygen atoms in total. The zero-order chi connectivity index (χ0) is 18.8. The Balaban J connectivity index is 0.00000261. The number of carbonyl (C=O) groups excluding carboxylic acids is 1. The van der Waals surface area contributed by atoms with Crippen molar-refractivity contribution in [3.05, 3.63) is 58.7 Å².